The predicted octanol–water partition coefficient (Wildman–Crippen LogP) is 20.4. The number of nitrogens with zero attached hydrogens (tertiary/aromatic N) is 1. The van der Waals surface area contributed by atoms with Crippen LogP contribution in [0.25, 0.3) is 0 Å². The molecule has 0 saturated carbocycles. The molecule has 2 unspecified atom stereocenters. The highest BCUT2D eigenvalue weighted by molar-refractivity contribution is 5.70. The molecule has 9 nitrogen and oxygen atoms in total. The van der Waals surface area contributed by atoms with Gasteiger partial charge in [0.05, 0.1) is 40.3 Å². The summed E-state index contributed by atoms with van der Waals surface area (Å²) < 4.78 is 22.7. The van der Waals surface area contributed by atoms with Crippen LogP contribution in [0.4, 0.5) is 0 Å². The number of hydrogen-bond acceptors (Lipinski definition) is 8. The van der Waals surface area contributed by atoms with Gasteiger partial charge in [0.2, 0.25) is 0 Å². The van der Waals surface area contributed by atoms with Crippen molar-refractivity contribution in [2.24, 2.45) is 0 Å². The van der Waals surface area contributed by atoms with Gasteiger partial charge in [-0.05, 0) is 83.5 Å². The molecule has 0 aromatic heterocycles. The summed E-state index contributed by atoms with van der Waals surface area (Å²) in [6.07, 6.45) is 83.1. The number of ether oxygens (including phenoxy) is 4. The Morgan fingerprint density at radius 1 is 0.373 bits per heavy atom. The average molecular weight is 1160 g/mol. The summed E-state index contributed by atoms with van der Waals surface area (Å²) >= 11 is 0. The lowest BCUT2D eigenvalue weighted by molar-refractivity contribution is -0.870. The molecule has 0 fully saturated rings. The van der Waals surface area contributed by atoms with E-state index in [1.807, 2.05) is 21.1 Å². The number of aliphatic carboxylic acids is 1. The topological polar surface area (TPSA) is 111 Å². The molecule has 83 heavy (non-hydrogen) atoms. The van der Waals surface area contributed by atoms with Gasteiger partial charge in [-0.15, -0.1) is 0 Å². The van der Waals surface area contributed by atoms with Gasteiger partial charge in [0, 0.05) is 12.8 Å². The highest BCUT2D eigenvalue weighted by Gasteiger charge is 2.22. The van der Waals surface area contributed by atoms with Crippen LogP contribution in [-0.2, 0) is 33.3 Å². The number of quaternary nitrogens is 1. The second-order valence-corrected chi connectivity index (χ2v) is 24.8. The van der Waals surface area contributed by atoms with Crippen LogP contribution < -0.4 is 5.11 Å². The van der Waals surface area contributed by atoms with Gasteiger partial charge in [-0.1, -0.05) is 299 Å². The van der Waals surface area contributed by atoms with Crippen molar-refractivity contribution in [1.82, 2.24) is 0 Å². The Hall–Kier alpha value is -3.27. The number of carbonyl (C=O) groups excluding carboxylic acids is 3. The highest BCUT2D eigenvalue weighted by Crippen LogP contribution is 2.18. The Labute approximate surface area is 513 Å². The van der Waals surface area contributed by atoms with E-state index in [0.29, 0.717) is 17.4 Å². The molecular weight excluding hydrogens is 1030 g/mol. The van der Waals surface area contributed by atoms with E-state index >= 15 is 0 Å². The molecule has 0 rings (SSSR count). The highest BCUT2D eigenvalue weighted by atomic mass is 16.7. The Morgan fingerprint density at radius 2 is 0.687 bits per heavy atom. The van der Waals surface area contributed by atoms with Gasteiger partial charge >= 0.3 is 11.9 Å². The lowest BCUT2D eigenvalue weighted by atomic mass is 10.0. The van der Waals surface area contributed by atoms with Crippen molar-refractivity contribution in [1.29, 1.82) is 0 Å². The maximum Gasteiger partial charge on any atom is 0.306 e. The van der Waals surface area contributed by atoms with E-state index in [0.717, 1.165) is 77.0 Å². The lowest BCUT2D eigenvalue weighted by Gasteiger charge is -2.26. The second kappa shape index (κ2) is 64.7. The molecule has 0 aromatic rings. The fourth-order valence-corrected chi connectivity index (χ4v) is 10.1. The van der Waals surface area contributed by atoms with E-state index in [1.54, 1.807) is 0 Å². The standard InChI is InChI=1S/C74H133NO8/c1-6-8-10-12-14-16-18-20-22-24-25-26-27-28-29-30-31-32-33-34-35-36-37-38-39-40-41-42-43-44-45-46-47-49-50-52-54-56-58-60-62-64-71(76)81-68-70(69-82-74(73(78)79)80-67-66-75(3,4)5)83-72(77)65-63-61-59-57-55-53-51-48-23-21-19-17-15-13-11-9-7-2/h9,11,15,17-18,20-21,23-25,51,53,70,74H,6-8,10,12-14,16,19,22,26-50,52,54-69H2,1-5H3/b11-9-,17-15-,20-18-,23-21-,25-24-,53-51-. The van der Waals surface area contributed by atoms with Crippen molar-refractivity contribution in [3.05, 3.63) is 72.9 Å². The summed E-state index contributed by atoms with van der Waals surface area (Å²) in [5.41, 5.74) is 0. The third-order valence-corrected chi connectivity index (χ3v) is 15.4. The summed E-state index contributed by atoms with van der Waals surface area (Å²) in [6, 6.07) is 0. The number of carboxylic acids is 1. The zero-order valence-electron chi connectivity index (χ0n) is 55.1. The normalized spacial score (nSPS) is 13.1. The third-order valence-electron chi connectivity index (χ3n) is 15.4. The number of allylic oxidation sites excluding steroid dienone is 12. The van der Waals surface area contributed by atoms with Crippen molar-refractivity contribution in [2.45, 2.75) is 334 Å². The Kier molecular flexibility index (Phi) is 62.2. The van der Waals surface area contributed by atoms with Crippen molar-refractivity contribution >= 4 is 17.9 Å². The number of esters is 2. The minimum atomic E-state index is -1.63. The zero-order valence-corrected chi connectivity index (χ0v) is 55.1. The molecule has 0 spiro atoms. The van der Waals surface area contributed by atoms with Crippen molar-refractivity contribution in [3.63, 3.8) is 0 Å². The first-order chi connectivity index (χ1) is 40.6. The second-order valence-electron chi connectivity index (χ2n) is 24.8. The van der Waals surface area contributed by atoms with Gasteiger partial charge in [0.25, 0.3) is 0 Å². The van der Waals surface area contributed by atoms with Crippen molar-refractivity contribution < 1.29 is 42.9 Å². The summed E-state index contributed by atoms with van der Waals surface area (Å²) in [5.74, 6) is -2.31. The third kappa shape index (κ3) is 66.1. The molecule has 0 heterocycles. The minimum Gasteiger partial charge on any atom is -0.545 e. The van der Waals surface area contributed by atoms with E-state index < -0.39 is 24.3 Å². The van der Waals surface area contributed by atoms with Crippen LogP contribution in [0.15, 0.2) is 72.9 Å². The molecule has 0 aliphatic heterocycles. The molecular formula is C74H133NO8. The molecule has 0 aromatic carbocycles. The monoisotopic (exact) mass is 1160 g/mol. The van der Waals surface area contributed by atoms with Crippen molar-refractivity contribution in [2.75, 3.05) is 47.5 Å². The van der Waals surface area contributed by atoms with Crippen molar-refractivity contribution in [3.8, 4) is 0 Å². The quantitative estimate of drug-likeness (QED) is 0.0195. The molecule has 482 valence electrons. The molecule has 0 radical (unpaired) electrons. The largest absolute Gasteiger partial charge is 0.545 e. The minimum absolute atomic E-state index is 0.141. The molecule has 0 saturated heterocycles. The first kappa shape index (κ1) is 79.7. The molecule has 9 heteroatoms. The van der Waals surface area contributed by atoms with Crippen LogP contribution in [0.2, 0.25) is 0 Å². The zero-order chi connectivity index (χ0) is 60.5. The fourth-order valence-electron chi connectivity index (χ4n) is 10.1. The van der Waals surface area contributed by atoms with Crippen LogP contribution in [0, 0.1) is 0 Å². The van der Waals surface area contributed by atoms with Gasteiger partial charge in [0.15, 0.2) is 12.4 Å². The summed E-state index contributed by atoms with van der Waals surface area (Å²) in [7, 11) is 5.92. The Morgan fingerprint density at radius 3 is 1.02 bits per heavy atom. The first-order valence-electron chi connectivity index (χ1n) is 35.1. The van der Waals surface area contributed by atoms with Gasteiger partial charge in [-0.2, -0.15) is 0 Å². The summed E-state index contributed by atoms with van der Waals surface area (Å²) in [4.78, 5) is 37.4. The summed E-state index contributed by atoms with van der Waals surface area (Å²) in [6.45, 7) is 4.62. The molecule has 0 amide bonds. The number of rotatable bonds is 65. The molecule has 0 aliphatic rings. The van der Waals surface area contributed by atoms with Gasteiger partial charge in [-0.25, -0.2) is 0 Å². The summed E-state index contributed by atoms with van der Waals surface area (Å²) in [5, 5.41) is 11.8. The van der Waals surface area contributed by atoms with Crippen LogP contribution in [0.1, 0.15) is 322 Å². The van der Waals surface area contributed by atoms with Gasteiger partial charge in [0.1, 0.15) is 13.2 Å². The van der Waals surface area contributed by atoms with Gasteiger partial charge < -0.3 is 33.3 Å². The maximum absolute atomic E-state index is 12.9. The number of unbranched alkanes of at least 4 members (excludes halogenated alkanes) is 38. The van der Waals surface area contributed by atoms with Crippen LogP contribution in [-0.4, -0.2) is 82.3 Å². The van der Waals surface area contributed by atoms with E-state index in [4.69, 9.17) is 18.9 Å². The van der Waals surface area contributed by atoms with Gasteiger partial charge in [-0.3, -0.25) is 9.59 Å². The van der Waals surface area contributed by atoms with Crippen LogP contribution in [0.5, 0.6) is 0 Å². The van der Waals surface area contributed by atoms with E-state index in [2.05, 4.69) is 86.8 Å². The molecule has 0 bridgehead atoms. The first-order valence-corrected chi connectivity index (χ1v) is 35.1. The van der Waals surface area contributed by atoms with Crippen LogP contribution in [0.3, 0.4) is 0 Å². The van der Waals surface area contributed by atoms with Crippen LogP contribution >= 0.6 is 0 Å². The Balaban J connectivity index is 3.92. The molecule has 0 N–H and O–H groups in total. The smallest absolute Gasteiger partial charge is 0.306 e. The van der Waals surface area contributed by atoms with E-state index in [1.165, 1.54) is 212 Å². The fraction of sp³-hybridized carbons (Fsp3) is 0.797. The maximum atomic E-state index is 12.9. The Bertz CT molecular complexity index is 1590. The average Bonchev–Trinajstić information content (AvgIpc) is 3.46. The predicted molar refractivity (Wildman–Crippen MR) is 352 cm³/mol. The number of likely N-dealkylation sites (N-methyl/N-ethyl adjacent to an activating group) is 1. The van der Waals surface area contributed by atoms with E-state index in [9.17, 15) is 19.5 Å². The number of hydrogen-bond donors (Lipinski definition) is 0. The molecule has 0 aliphatic carbocycles. The SMILES string of the molecule is CC/C=C\C/C=C\C/C=C\C/C=C\CCCCCCC(=O)OC(COC(=O)CCCCCCCCCCCCCCCCCCCCCCCCCCCCCCC/C=C\C/C=C\CCCCCCC)COC(OCC[N+](C)(C)C)C(=O)[O-]. The lowest BCUT2D eigenvalue weighted by Crippen LogP contribution is -2.44. The van der Waals surface area contributed by atoms with E-state index in [-0.39, 0.29) is 38.6 Å². The molecule has 2 atom stereocenters. The number of carboxylic acid groups (broad SMARTS) is 1. The number of carbonyl (C=O) groups is 3.